The maximum atomic E-state index is 12.5. The molecule has 2 heterocycles. The van der Waals surface area contributed by atoms with E-state index in [0.29, 0.717) is 5.02 Å². The van der Waals surface area contributed by atoms with Crippen LogP contribution in [-0.2, 0) is 16.1 Å². The second-order valence-electron chi connectivity index (χ2n) is 6.05. The number of nitro groups is 1. The zero-order valence-corrected chi connectivity index (χ0v) is 14.2. The number of likely N-dealkylation sites (tertiary alicyclic amines) is 1. The van der Waals surface area contributed by atoms with Crippen molar-refractivity contribution in [3.05, 3.63) is 57.4 Å². The van der Waals surface area contributed by atoms with Crippen LogP contribution in [0.1, 0.15) is 11.5 Å². The fraction of sp³-hybridized carbons (Fsp3) is 0.312. The fourth-order valence-electron chi connectivity index (χ4n) is 3.08. The van der Waals surface area contributed by atoms with Crippen molar-refractivity contribution in [2.45, 2.75) is 12.5 Å². The van der Waals surface area contributed by atoms with Gasteiger partial charge in [-0.15, -0.1) is 0 Å². The Bertz CT molecular complexity index is 851. The predicted molar refractivity (Wildman–Crippen MR) is 90.8 cm³/mol. The highest BCUT2D eigenvalue weighted by Gasteiger charge is 2.40. The molecule has 1 saturated heterocycles. The molecule has 3 rings (SSSR count). The van der Waals surface area contributed by atoms with Crippen LogP contribution in [0.5, 0.6) is 0 Å². The fourth-order valence-corrected chi connectivity index (χ4v) is 3.20. The molecule has 0 saturated carbocycles. The second-order valence-corrected chi connectivity index (χ2v) is 6.49. The lowest BCUT2D eigenvalue weighted by Gasteiger charge is -2.16. The number of amides is 1. The molecule has 1 aliphatic heterocycles. The molecule has 1 N–H and O–H groups in total. The van der Waals surface area contributed by atoms with E-state index in [1.54, 1.807) is 24.3 Å². The largest absolute Gasteiger partial charge is 0.481 e. The highest BCUT2D eigenvalue weighted by molar-refractivity contribution is 6.30. The number of benzene rings is 1. The normalized spacial score (nSPS) is 19.5. The van der Waals surface area contributed by atoms with Gasteiger partial charge in [0, 0.05) is 24.0 Å². The number of carboxylic acid groups (broad SMARTS) is 1. The van der Waals surface area contributed by atoms with Crippen LogP contribution < -0.4 is 0 Å². The van der Waals surface area contributed by atoms with Gasteiger partial charge in [-0.1, -0.05) is 23.7 Å². The van der Waals surface area contributed by atoms with E-state index in [1.807, 2.05) is 0 Å². The van der Waals surface area contributed by atoms with E-state index in [2.05, 4.69) is 5.10 Å². The van der Waals surface area contributed by atoms with Gasteiger partial charge < -0.3 is 10.0 Å². The zero-order valence-electron chi connectivity index (χ0n) is 13.5. The van der Waals surface area contributed by atoms with Gasteiger partial charge in [-0.3, -0.25) is 24.4 Å². The van der Waals surface area contributed by atoms with E-state index >= 15 is 0 Å². The molecule has 10 heteroatoms. The number of rotatable bonds is 5. The van der Waals surface area contributed by atoms with Gasteiger partial charge in [-0.05, 0) is 17.7 Å². The number of halogens is 1. The summed E-state index contributed by atoms with van der Waals surface area (Å²) in [6.45, 7) is 0.138. The minimum Gasteiger partial charge on any atom is -0.481 e. The summed E-state index contributed by atoms with van der Waals surface area (Å²) in [6, 6.07) is 6.88. The van der Waals surface area contributed by atoms with Crippen molar-refractivity contribution in [3.63, 3.8) is 0 Å². The molecule has 1 aromatic carbocycles. The van der Waals surface area contributed by atoms with Gasteiger partial charge in [0.05, 0.1) is 10.8 Å². The quantitative estimate of drug-likeness (QED) is 0.625. The molecule has 0 unspecified atom stereocenters. The molecule has 9 nitrogen and oxygen atoms in total. The lowest BCUT2D eigenvalue weighted by Crippen LogP contribution is -2.33. The van der Waals surface area contributed by atoms with Crippen LogP contribution in [0.15, 0.2) is 36.7 Å². The van der Waals surface area contributed by atoms with E-state index in [0.717, 1.165) is 11.8 Å². The summed E-state index contributed by atoms with van der Waals surface area (Å²) >= 11 is 5.87. The van der Waals surface area contributed by atoms with Crippen molar-refractivity contribution in [1.82, 2.24) is 14.7 Å². The van der Waals surface area contributed by atoms with Gasteiger partial charge in [0.1, 0.15) is 18.9 Å². The first-order chi connectivity index (χ1) is 12.3. The maximum absolute atomic E-state index is 12.5. The molecule has 0 spiro atoms. The van der Waals surface area contributed by atoms with Crippen LogP contribution in [0.25, 0.3) is 0 Å². The second kappa shape index (κ2) is 7.12. The summed E-state index contributed by atoms with van der Waals surface area (Å²) in [6.07, 6.45) is 2.23. The highest BCUT2D eigenvalue weighted by atomic mass is 35.5. The Kier molecular flexibility index (Phi) is 4.90. The molecule has 1 amide bonds. The van der Waals surface area contributed by atoms with E-state index in [4.69, 9.17) is 11.6 Å². The summed E-state index contributed by atoms with van der Waals surface area (Å²) in [5.74, 6) is -2.39. The Hall–Kier alpha value is -2.94. The molecule has 0 radical (unpaired) electrons. The third-order valence-electron chi connectivity index (χ3n) is 4.42. The van der Waals surface area contributed by atoms with Gasteiger partial charge in [0.2, 0.25) is 5.91 Å². The van der Waals surface area contributed by atoms with Gasteiger partial charge in [-0.2, -0.15) is 5.10 Å². The molecule has 2 aromatic rings. The Morgan fingerprint density at radius 3 is 2.58 bits per heavy atom. The Balaban J connectivity index is 1.74. The van der Waals surface area contributed by atoms with Crippen molar-refractivity contribution >= 4 is 29.2 Å². The van der Waals surface area contributed by atoms with Gasteiger partial charge >= 0.3 is 11.7 Å². The third kappa shape index (κ3) is 3.67. The SMILES string of the molecule is O=C(O)[C@@H]1CN(C(=O)Cn2cc([N+](=O)[O-])cn2)C[C@H]1c1ccc(Cl)cc1. The molecule has 0 aliphatic carbocycles. The van der Waals surface area contributed by atoms with E-state index < -0.39 is 16.8 Å². The molecular weight excluding hydrogens is 364 g/mol. The first kappa shape index (κ1) is 17.9. The van der Waals surface area contributed by atoms with E-state index in [9.17, 15) is 24.8 Å². The molecule has 0 bridgehead atoms. The van der Waals surface area contributed by atoms with Crippen LogP contribution in [0.2, 0.25) is 5.02 Å². The minimum atomic E-state index is -0.977. The molecule has 1 fully saturated rings. The molecular formula is C16H15ClN4O5. The number of nitrogens with zero attached hydrogens (tertiary/aromatic N) is 4. The smallest absolute Gasteiger partial charge is 0.308 e. The van der Waals surface area contributed by atoms with Crippen molar-refractivity contribution in [1.29, 1.82) is 0 Å². The Morgan fingerprint density at radius 2 is 2.00 bits per heavy atom. The standard InChI is InChI=1S/C16H15ClN4O5/c17-11-3-1-10(2-4-11)13-7-19(8-14(13)16(23)24)15(22)9-20-6-12(5-18-20)21(25)26/h1-6,13-14H,7-9H2,(H,23,24)/t13-,14+/m0/s1. The van der Waals surface area contributed by atoms with Crippen LogP contribution >= 0.6 is 11.6 Å². The number of hydrogen-bond acceptors (Lipinski definition) is 5. The Morgan fingerprint density at radius 1 is 1.31 bits per heavy atom. The van der Waals surface area contributed by atoms with Crippen LogP contribution in [0, 0.1) is 16.0 Å². The van der Waals surface area contributed by atoms with Gasteiger partial charge in [-0.25, -0.2) is 0 Å². The number of carboxylic acids is 1. The molecule has 2 atom stereocenters. The molecule has 1 aliphatic rings. The topological polar surface area (TPSA) is 119 Å². The van der Waals surface area contributed by atoms with Crippen LogP contribution in [0.4, 0.5) is 5.69 Å². The maximum Gasteiger partial charge on any atom is 0.308 e. The van der Waals surface area contributed by atoms with Crippen molar-refractivity contribution in [2.24, 2.45) is 5.92 Å². The summed E-state index contributed by atoms with van der Waals surface area (Å²) in [5, 5.41) is 24.5. The lowest BCUT2D eigenvalue weighted by molar-refractivity contribution is -0.385. The van der Waals surface area contributed by atoms with Crippen LogP contribution in [0.3, 0.4) is 0 Å². The summed E-state index contributed by atoms with van der Waals surface area (Å²) < 4.78 is 1.17. The minimum absolute atomic E-state index is 0.0742. The number of aliphatic carboxylic acids is 1. The summed E-state index contributed by atoms with van der Waals surface area (Å²) in [7, 11) is 0. The summed E-state index contributed by atoms with van der Waals surface area (Å²) in [4.78, 5) is 35.6. The number of carbonyl (C=O) groups is 2. The number of aromatic nitrogens is 2. The predicted octanol–water partition coefficient (Wildman–Crippen LogP) is 1.77. The molecule has 136 valence electrons. The van der Waals surface area contributed by atoms with Gasteiger partial charge in [0.25, 0.3) is 0 Å². The number of carbonyl (C=O) groups excluding carboxylic acids is 1. The lowest BCUT2D eigenvalue weighted by atomic mass is 9.89. The summed E-state index contributed by atoms with van der Waals surface area (Å²) in [5.41, 5.74) is 0.591. The van der Waals surface area contributed by atoms with Gasteiger partial charge in [0.15, 0.2) is 0 Å². The third-order valence-corrected chi connectivity index (χ3v) is 4.67. The van der Waals surface area contributed by atoms with Crippen molar-refractivity contribution < 1.29 is 19.6 Å². The average molecular weight is 379 g/mol. The van der Waals surface area contributed by atoms with Crippen LogP contribution in [-0.4, -0.2) is 49.7 Å². The first-order valence-corrected chi connectivity index (χ1v) is 8.16. The van der Waals surface area contributed by atoms with E-state index in [1.165, 1.54) is 15.8 Å². The highest BCUT2D eigenvalue weighted by Crippen LogP contribution is 2.33. The van der Waals surface area contributed by atoms with E-state index in [-0.39, 0.29) is 37.1 Å². The monoisotopic (exact) mass is 378 g/mol. The number of hydrogen-bond donors (Lipinski definition) is 1. The van der Waals surface area contributed by atoms with Crippen molar-refractivity contribution in [3.8, 4) is 0 Å². The average Bonchev–Trinajstić information content (AvgIpc) is 3.22. The molecule has 26 heavy (non-hydrogen) atoms. The Labute approximate surface area is 152 Å². The zero-order chi connectivity index (χ0) is 18.8. The first-order valence-electron chi connectivity index (χ1n) is 7.78. The molecule has 1 aromatic heterocycles. The van der Waals surface area contributed by atoms with Crippen molar-refractivity contribution in [2.75, 3.05) is 13.1 Å².